The molecule has 1 spiro atoms. The number of aromatic nitrogens is 2. The highest BCUT2D eigenvalue weighted by atomic mass is 16.5. The van der Waals surface area contributed by atoms with E-state index in [0.717, 1.165) is 26.1 Å². The summed E-state index contributed by atoms with van der Waals surface area (Å²) in [5.74, 6) is 0.679. The quantitative estimate of drug-likeness (QED) is 0.800. The van der Waals surface area contributed by atoms with Gasteiger partial charge in [0.1, 0.15) is 0 Å². The van der Waals surface area contributed by atoms with Crippen molar-refractivity contribution in [2.24, 2.45) is 5.92 Å². The van der Waals surface area contributed by atoms with Gasteiger partial charge in [0.05, 0.1) is 31.4 Å². The van der Waals surface area contributed by atoms with Gasteiger partial charge in [-0.25, -0.2) is 0 Å². The summed E-state index contributed by atoms with van der Waals surface area (Å²) >= 11 is 0. The third-order valence-electron chi connectivity index (χ3n) is 6.63. The summed E-state index contributed by atoms with van der Waals surface area (Å²) in [6, 6.07) is 10.7. The van der Waals surface area contributed by atoms with Crippen molar-refractivity contribution in [2.75, 3.05) is 13.2 Å². The molecule has 4 heterocycles. The standard InChI is InChI=1S/C22H28N4O2/c1-16(2)19-15-28-22-8-9-24(20(22)10-21(27)26(19)22)12-18-11-23-25(14-18)13-17-6-4-3-5-7-17/h3-7,11,14,16,19-20H,8-10,12-13,15H2,1-2H3/t19-,20+,22-/m0/s1. The van der Waals surface area contributed by atoms with Gasteiger partial charge in [-0.15, -0.1) is 0 Å². The number of hydrogen-bond donors (Lipinski definition) is 0. The first kappa shape index (κ1) is 17.9. The van der Waals surface area contributed by atoms with Gasteiger partial charge in [-0.05, 0) is 11.5 Å². The molecule has 0 saturated carbocycles. The van der Waals surface area contributed by atoms with Gasteiger partial charge in [0, 0.05) is 37.7 Å². The number of nitrogens with zero attached hydrogens (tertiary/aromatic N) is 4. The molecule has 3 atom stereocenters. The maximum atomic E-state index is 12.8. The molecular formula is C22H28N4O2. The summed E-state index contributed by atoms with van der Waals surface area (Å²) in [4.78, 5) is 17.3. The minimum atomic E-state index is -0.397. The predicted octanol–water partition coefficient (Wildman–Crippen LogP) is 2.49. The number of ether oxygens (including phenoxy) is 1. The smallest absolute Gasteiger partial charge is 0.226 e. The van der Waals surface area contributed by atoms with E-state index in [4.69, 9.17) is 4.74 Å². The van der Waals surface area contributed by atoms with Crippen LogP contribution in [0.4, 0.5) is 0 Å². The fourth-order valence-corrected chi connectivity index (χ4v) is 5.22. The van der Waals surface area contributed by atoms with E-state index in [1.807, 2.05) is 16.9 Å². The topological polar surface area (TPSA) is 50.6 Å². The van der Waals surface area contributed by atoms with E-state index in [1.54, 1.807) is 0 Å². The van der Waals surface area contributed by atoms with Crippen LogP contribution < -0.4 is 0 Å². The van der Waals surface area contributed by atoms with E-state index in [9.17, 15) is 4.79 Å². The van der Waals surface area contributed by atoms with Gasteiger partial charge < -0.3 is 9.64 Å². The van der Waals surface area contributed by atoms with Crippen LogP contribution in [-0.4, -0.2) is 56.4 Å². The number of rotatable bonds is 5. The Morgan fingerprint density at radius 3 is 2.82 bits per heavy atom. The van der Waals surface area contributed by atoms with Crippen molar-refractivity contribution < 1.29 is 9.53 Å². The third-order valence-corrected chi connectivity index (χ3v) is 6.63. The van der Waals surface area contributed by atoms with Gasteiger partial charge >= 0.3 is 0 Å². The van der Waals surface area contributed by atoms with E-state index >= 15 is 0 Å². The lowest BCUT2D eigenvalue weighted by molar-refractivity contribution is -0.139. The van der Waals surface area contributed by atoms with Gasteiger partial charge in [0.15, 0.2) is 5.72 Å². The van der Waals surface area contributed by atoms with Crippen molar-refractivity contribution in [3.8, 4) is 0 Å². The lowest BCUT2D eigenvalue weighted by Gasteiger charge is -2.34. The Morgan fingerprint density at radius 2 is 2.04 bits per heavy atom. The second-order valence-corrected chi connectivity index (χ2v) is 8.70. The number of carbonyl (C=O) groups excluding carboxylic acids is 1. The molecule has 0 aliphatic carbocycles. The summed E-state index contributed by atoms with van der Waals surface area (Å²) in [5.41, 5.74) is 2.04. The van der Waals surface area contributed by atoms with Crippen LogP contribution in [0.25, 0.3) is 0 Å². The molecule has 3 fully saturated rings. The molecule has 6 nitrogen and oxygen atoms in total. The summed E-state index contributed by atoms with van der Waals surface area (Å²) in [5, 5.41) is 4.54. The Morgan fingerprint density at radius 1 is 1.21 bits per heavy atom. The van der Waals surface area contributed by atoms with Crippen molar-refractivity contribution in [3.63, 3.8) is 0 Å². The maximum Gasteiger partial charge on any atom is 0.226 e. The fourth-order valence-electron chi connectivity index (χ4n) is 5.22. The molecule has 0 unspecified atom stereocenters. The zero-order valence-corrected chi connectivity index (χ0v) is 16.6. The molecule has 0 N–H and O–H groups in total. The molecule has 3 aliphatic heterocycles. The van der Waals surface area contributed by atoms with Crippen molar-refractivity contribution in [2.45, 2.75) is 57.6 Å². The van der Waals surface area contributed by atoms with Crippen LogP contribution in [-0.2, 0) is 22.6 Å². The average Bonchev–Trinajstić information content (AvgIpc) is 3.41. The molecule has 5 rings (SSSR count). The van der Waals surface area contributed by atoms with Crippen LogP contribution in [0.2, 0.25) is 0 Å². The highest BCUT2D eigenvalue weighted by Gasteiger charge is 2.64. The highest BCUT2D eigenvalue weighted by molar-refractivity contribution is 5.82. The van der Waals surface area contributed by atoms with Gasteiger partial charge in [-0.2, -0.15) is 5.10 Å². The molecule has 2 aromatic rings. The van der Waals surface area contributed by atoms with Gasteiger partial charge in [0.25, 0.3) is 0 Å². The van der Waals surface area contributed by atoms with E-state index in [-0.39, 0.29) is 18.0 Å². The minimum Gasteiger partial charge on any atom is -0.352 e. The lowest BCUT2D eigenvalue weighted by atomic mass is 10.0. The number of benzene rings is 1. The Labute approximate surface area is 166 Å². The second kappa shape index (κ2) is 6.71. The number of carbonyl (C=O) groups is 1. The predicted molar refractivity (Wildman–Crippen MR) is 105 cm³/mol. The lowest BCUT2D eigenvalue weighted by Crippen LogP contribution is -2.50. The number of hydrogen-bond acceptors (Lipinski definition) is 4. The first-order valence-corrected chi connectivity index (χ1v) is 10.3. The zero-order valence-electron chi connectivity index (χ0n) is 16.6. The summed E-state index contributed by atoms with van der Waals surface area (Å²) in [6.45, 7) is 7.59. The number of amides is 1. The fraction of sp³-hybridized carbons (Fsp3) is 0.545. The average molecular weight is 380 g/mol. The first-order valence-electron chi connectivity index (χ1n) is 10.3. The zero-order chi connectivity index (χ0) is 19.3. The molecule has 28 heavy (non-hydrogen) atoms. The van der Waals surface area contributed by atoms with Crippen molar-refractivity contribution in [3.05, 3.63) is 53.9 Å². The Hall–Kier alpha value is -2.18. The Kier molecular flexibility index (Phi) is 4.29. The van der Waals surface area contributed by atoms with Crippen LogP contribution in [0.3, 0.4) is 0 Å². The molecule has 148 valence electrons. The molecular weight excluding hydrogens is 352 g/mol. The van der Waals surface area contributed by atoms with Crippen LogP contribution in [0.5, 0.6) is 0 Å². The van der Waals surface area contributed by atoms with Crippen LogP contribution in [0.1, 0.15) is 37.8 Å². The van der Waals surface area contributed by atoms with E-state index in [2.05, 4.69) is 59.2 Å². The minimum absolute atomic E-state index is 0.154. The van der Waals surface area contributed by atoms with Crippen LogP contribution >= 0.6 is 0 Å². The maximum absolute atomic E-state index is 12.8. The second-order valence-electron chi connectivity index (χ2n) is 8.70. The van der Waals surface area contributed by atoms with Crippen LogP contribution in [0, 0.1) is 5.92 Å². The summed E-state index contributed by atoms with van der Waals surface area (Å²) in [7, 11) is 0. The van der Waals surface area contributed by atoms with Gasteiger partial charge in [0.2, 0.25) is 5.91 Å². The van der Waals surface area contributed by atoms with E-state index in [1.165, 1.54) is 11.1 Å². The normalized spacial score (nSPS) is 29.7. The molecule has 3 saturated heterocycles. The molecule has 0 radical (unpaired) electrons. The third kappa shape index (κ3) is 2.78. The first-order chi connectivity index (χ1) is 13.6. The molecule has 1 aromatic carbocycles. The summed E-state index contributed by atoms with van der Waals surface area (Å²) < 4.78 is 8.32. The Bertz CT molecular complexity index is 864. The molecule has 1 aromatic heterocycles. The summed E-state index contributed by atoms with van der Waals surface area (Å²) in [6.07, 6.45) is 5.56. The Balaban J connectivity index is 1.30. The molecule has 3 aliphatic rings. The molecule has 1 amide bonds. The van der Waals surface area contributed by atoms with Gasteiger partial charge in [-0.1, -0.05) is 44.2 Å². The largest absolute Gasteiger partial charge is 0.352 e. The molecule has 6 heteroatoms. The highest BCUT2D eigenvalue weighted by Crippen LogP contribution is 2.49. The van der Waals surface area contributed by atoms with E-state index < -0.39 is 5.72 Å². The van der Waals surface area contributed by atoms with Crippen molar-refractivity contribution >= 4 is 5.91 Å². The number of likely N-dealkylation sites (tertiary alicyclic amines) is 1. The van der Waals surface area contributed by atoms with Gasteiger partial charge in [-0.3, -0.25) is 14.4 Å². The molecule has 0 bridgehead atoms. The van der Waals surface area contributed by atoms with Crippen molar-refractivity contribution in [1.82, 2.24) is 19.6 Å². The van der Waals surface area contributed by atoms with Crippen LogP contribution in [0.15, 0.2) is 42.7 Å². The SMILES string of the molecule is CC(C)[C@@H]1CO[C@@]23CCN(Cc4cnn(Cc5ccccc5)c4)[C@@H]2CC(=O)N13. The van der Waals surface area contributed by atoms with E-state index in [0.29, 0.717) is 18.9 Å². The monoisotopic (exact) mass is 380 g/mol. The van der Waals surface area contributed by atoms with Crippen molar-refractivity contribution in [1.29, 1.82) is 0 Å².